The zero-order chi connectivity index (χ0) is 24.3. The molecule has 1 heterocycles. The van der Waals surface area contributed by atoms with E-state index in [1.807, 2.05) is 11.8 Å². The summed E-state index contributed by atoms with van der Waals surface area (Å²) in [5.41, 5.74) is 1.84. The summed E-state index contributed by atoms with van der Waals surface area (Å²) in [4.78, 5) is 16.9. The highest BCUT2D eigenvalue weighted by Gasteiger charge is 2.30. The van der Waals surface area contributed by atoms with Crippen molar-refractivity contribution < 1.29 is 17.6 Å². The molecule has 9 heteroatoms. The van der Waals surface area contributed by atoms with Crippen LogP contribution in [0.2, 0.25) is 0 Å². The van der Waals surface area contributed by atoms with Crippen molar-refractivity contribution in [2.75, 3.05) is 41.9 Å². The van der Waals surface area contributed by atoms with Crippen molar-refractivity contribution in [1.29, 1.82) is 0 Å². The van der Waals surface area contributed by atoms with Gasteiger partial charge in [0.05, 0.1) is 16.3 Å². The number of rotatable bonds is 6. The molecular weight excluding hydrogens is 521 g/mol. The average Bonchev–Trinajstić information content (AvgIpc) is 2.83. The van der Waals surface area contributed by atoms with Crippen LogP contribution in [0.15, 0.2) is 82.2 Å². The second-order valence-corrected chi connectivity index (χ2v) is 10.9. The smallest absolute Gasteiger partial charge is 0.264 e. The van der Waals surface area contributed by atoms with Crippen LogP contribution in [0.5, 0.6) is 0 Å². The van der Waals surface area contributed by atoms with Gasteiger partial charge in [0.15, 0.2) is 0 Å². The first-order valence-corrected chi connectivity index (χ1v) is 13.1. The molecule has 3 aromatic carbocycles. The normalized spacial score (nSPS) is 14.2. The summed E-state index contributed by atoms with van der Waals surface area (Å²) in [5, 5.41) is 0. The van der Waals surface area contributed by atoms with Crippen LogP contribution < -0.4 is 9.21 Å². The second kappa shape index (κ2) is 10.1. The van der Waals surface area contributed by atoms with Crippen LogP contribution in [0.1, 0.15) is 5.56 Å². The van der Waals surface area contributed by atoms with Crippen molar-refractivity contribution in [2.24, 2.45) is 0 Å². The minimum atomic E-state index is -3.98. The van der Waals surface area contributed by atoms with Gasteiger partial charge in [-0.15, -0.1) is 0 Å². The Hall–Kier alpha value is -2.91. The van der Waals surface area contributed by atoms with E-state index in [2.05, 4.69) is 15.9 Å². The number of carbonyl (C=O) groups excluding carboxylic acids is 1. The van der Waals surface area contributed by atoms with Gasteiger partial charge in [-0.1, -0.05) is 51.8 Å². The van der Waals surface area contributed by atoms with Crippen LogP contribution in [0.4, 0.5) is 15.8 Å². The summed E-state index contributed by atoms with van der Waals surface area (Å²) in [6.45, 7) is 3.25. The predicted molar refractivity (Wildman–Crippen MR) is 135 cm³/mol. The minimum Gasteiger partial charge on any atom is -0.366 e. The number of piperazine rings is 1. The molecule has 1 amide bonds. The summed E-state index contributed by atoms with van der Waals surface area (Å²) in [5.74, 6) is -0.601. The van der Waals surface area contributed by atoms with Gasteiger partial charge in [0.2, 0.25) is 5.91 Å². The molecule has 0 bridgehead atoms. The number of benzene rings is 3. The Morgan fingerprint density at radius 1 is 0.971 bits per heavy atom. The lowest BCUT2D eigenvalue weighted by molar-refractivity contribution is -0.129. The number of hydrogen-bond donors (Lipinski definition) is 0. The molecule has 0 saturated carbocycles. The lowest BCUT2D eigenvalue weighted by Crippen LogP contribution is -2.52. The van der Waals surface area contributed by atoms with Crippen molar-refractivity contribution in [1.82, 2.24) is 4.90 Å². The van der Waals surface area contributed by atoms with Crippen LogP contribution in [0.25, 0.3) is 0 Å². The minimum absolute atomic E-state index is 0.121. The number of para-hydroxylation sites is 1. The molecule has 0 spiro atoms. The van der Waals surface area contributed by atoms with Gasteiger partial charge in [-0.2, -0.15) is 0 Å². The lowest BCUT2D eigenvalue weighted by atomic mass is 10.2. The monoisotopic (exact) mass is 545 g/mol. The lowest BCUT2D eigenvalue weighted by Gasteiger charge is -2.37. The maximum absolute atomic E-state index is 14.1. The summed E-state index contributed by atoms with van der Waals surface area (Å²) in [6.07, 6.45) is 0. The third-order valence-electron chi connectivity index (χ3n) is 5.81. The molecule has 6 nitrogen and oxygen atoms in total. The fourth-order valence-electron chi connectivity index (χ4n) is 3.91. The standard InChI is InChI=1S/C25H25BrFN3O3S/c1-19-9-11-22(12-10-19)34(32,33)30(21-6-4-5-20(26)17-21)18-25(31)29-15-13-28(14-16-29)24-8-3-2-7-23(24)27/h2-12,17H,13-16,18H2,1H3. The third-order valence-corrected chi connectivity index (χ3v) is 8.09. The SMILES string of the molecule is Cc1ccc(S(=O)(=O)N(CC(=O)N2CCN(c3ccccc3F)CC2)c2cccc(Br)c2)cc1. The van der Waals surface area contributed by atoms with Gasteiger partial charge < -0.3 is 9.80 Å². The number of anilines is 2. The fraction of sp³-hybridized carbons (Fsp3) is 0.240. The Bertz CT molecular complexity index is 1280. The van der Waals surface area contributed by atoms with Crippen molar-refractivity contribution in [3.8, 4) is 0 Å². The summed E-state index contributed by atoms with van der Waals surface area (Å²) in [6, 6.07) is 20.0. The van der Waals surface area contributed by atoms with Gasteiger partial charge in [-0.05, 0) is 49.4 Å². The Kier molecular flexibility index (Phi) is 7.23. The van der Waals surface area contributed by atoms with Crippen molar-refractivity contribution in [3.63, 3.8) is 0 Å². The number of halogens is 2. The first-order valence-electron chi connectivity index (χ1n) is 10.9. The molecular formula is C25H25BrFN3O3S. The molecule has 1 aliphatic rings. The van der Waals surface area contributed by atoms with Gasteiger partial charge >= 0.3 is 0 Å². The van der Waals surface area contributed by atoms with E-state index in [9.17, 15) is 17.6 Å². The molecule has 4 rings (SSSR count). The Balaban J connectivity index is 1.54. The number of aryl methyl sites for hydroxylation is 1. The number of amides is 1. The largest absolute Gasteiger partial charge is 0.366 e. The summed E-state index contributed by atoms with van der Waals surface area (Å²) >= 11 is 3.39. The van der Waals surface area contributed by atoms with E-state index in [0.717, 1.165) is 9.87 Å². The molecule has 0 radical (unpaired) electrons. The summed E-state index contributed by atoms with van der Waals surface area (Å²) < 4.78 is 43.1. The molecule has 34 heavy (non-hydrogen) atoms. The van der Waals surface area contributed by atoms with Gasteiger partial charge in [-0.3, -0.25) is 9.10 Å². The third kappa shape index (κ3) is 5.26. The maximum Gasteiger partial charge on any atom is 0.264 e. The van der Waals surface area contributed by atoms with Crippen molar-refractivity contribution in [2.45, 2.75) is 11.8 Å². The van der Waals surface area contributed by atoms with E-state index in [0.29, 0.717) is 42.0 Å². The molecule has 178 valence electrons. The number of sulfonamides is 1. The highest BCUT2D eigenvalue weighted by molar-refractivity contribution is 9.10. The predicted octanol–water partition coefficient (Wildman–Crippen LogP) is 4.44. The zero-order valence-corrected chi connectivity index (χ0v) is 21.1. The molecule has 1 fully saturated rings. The van der Waals surface area contributed by atoms with E-state index < -0.39 is 10.0 Å². The van der Waals surface area contributed by atoms with Crippen molar-refractivity contribution in [3.05, 3.63) is 88.6 Å². The fourth-order valence-corrected chi connectivity index (χ4v) is 5.70. The van der Waals surface area contributed by atoms with E-state index in [1.165, 1.54) is 6.07 Å². The summed E-state index contributed by atoms with van der Waals surface area (Å²) in [7, 11) is -3.98. The number of carbonyl (C=O) groups is 1. The van der Waals surface area contributed by atoms with Gasteiger partial charge in [-0.25, -0.2) is 12.8 Å². The molecule has 0 unspecified atom stereocenters. The molecule has 0 atom stereocenters. The van der Waals surface area contributed by atoms with Crippen molar-refractivity contribution >= 4 is 43.2 Å². The molecule has 0 aromatic heterocycles. The highest BCUT2D eigenvalue weighted by Crippen LogP contribution is 2.27. The first kappa shape index (κ1) is 24.2. The quantitative estimate of drug-likeness (QED) is 0.459. The average molecular weight is 546 g/mol. The van der Waals surface area contributed by atoms with Crippen LogP contribution in [0, 0.1) is 12.7 Å². The second-order valence-electron chi connectivity index (χ2n) is 8.12. The van der Waals surface area contributed by atoms with Crippen LogP contribution >= 0.6 is 15.9 Å². The number of hydrogen-bond acceptors (Lipinski definition) is 4. The van der Waals surface area contributed by atoms with E-state index in [-0.39, 0.29) is 23.2 Å². The van der Waals surface area contributed by atoms with E-state index >= 15 is 0 Å². The molecule has 3 aromatic rings. The van der Waals surface area contributed by atoms with Crippen LogP contribution in [0.3, 0.4) is 0 Å². The number of nitrogens with zero attached hydrogens (tertiary/aromatic N) is 3. The topological polar surface area (TPSA) is 60.9 Å². The molecule has 1 aliphatic heterocycles. The maximum atomic E-state index is 14.1. The van der Waals surface area contributed by atoms with E-state index in [4.69, 9.17) is 0 Å². The van der Waals surface area contributed by atoms with Gasteiger partial charge in [0.25, 0.3) is 10.0 Å². The highest BCUT2D eigenvalue weighted by atomic mass is 79.9. The molecule has 0 aliphatic carbocycles. The Labute approximate surface area is 207 Å². The molecule has 0 N–H and O–H groups in total. The Morgan fingerprint density at radius 2 is 1.65 bits per heavy atom. The van der Waals surface area contributed by atoms with Crippen LogP contribution in [-0.2, 0) is 14.8 Å². The molecule has 1 saturated heterocycles. The van der Waals surface area contributed by atoms with Crippen LogP contribution in [-0.4, -0.2) is 51.9 Å². The van der Waals surface area contributed by atoms with Gasteiger partial charge in [0, 0.05) is 30.7 Å². The zero-order valence-electron chi connectivity index (χ0n) is 18.7. The van der Waals surface area contributed by atoms with E-state index in [1.54, 1.807) is 71.6 Å². The van der Waals surface area contributed by atoms with Gasteiger partial charge in [0.1, 0.15) is 12.4 Å². The first-order chi connectivity index (χ1) is 16.3. The Morgan fingerprint density at radius 3 is 2.29 bits per heavy atom.